The van der Waals surface area contributed by atoms with E-state index in [1.54, 1.807) is 50.4 Å². The van der Waals surface area contributed by atoms with Crippen molar-refractivity contribution in [2.45, 2.75) is 6.92 Å². The van der Waals surface area contributed by atoms with Gasteiger partial charge in [-0.2, -0.15) is 5.10 Å². The molecule has 1 amide bonds. The molecule has 0 aromatic heterocycles. The summed E-state index contributed by atoms with van der Waals surface area (Å²) >= 11 is 0. The second-order valence-corrected chi connectivity index (χ2v) is 4.50. The van der Waals surface area contributed by atoms with Gasteiger partial charge in [0.25, 0.3) is 5.91 Å². The third kappa shape index (κ3) is 3.82. The maximum atomic E-state index is 12.0. The van der Waals surface area contributed by atoms with Crippen LogP contribution in [0.15, 0.2) is 53.6 Å². The van der Waals surface area contributed by atoms with E-state index >= 15 is 0 Å². The first-order valence-corrected chi connectivity index (χ1v) is 6.45. The fourth-order valence-electron chi connectivity index (χ4n) is 1.79. The van der Waals surface area contributed by atoms with Crippen LogP contribution in [0.2, 0.25) is 0 Å². The van der Waals surface area contributed by atoms with Crippen molar-refractivity contribution in [3.8, 4) is 5.75 Å². The van der Waals surface area contributed by atoms with Crippen molar-refractivity contribution in [2.24, 2.45) is 5.10 Å². The number of ether oxygens (including phenoxy) is 1. The monoisotopic (exact) mass is 283 g/mol. The minimum Gasteiger partial charge on any atom is -0.497 e. The topological polar surface area (TPSA) is 76.7 Å². The van der Waals surface area contributed by atoms with Gasteiger partial charge in [-0.3, -0.25) is 4.79 Å². The molecular formula is C16H17N3O2. The highest BCUT2D eigenvalue weighted by Crippen LogP contribution is 2.12. The molecule has 0 heterocycles. The van der Waals surface area contributed by atoms with Crippen LogP contribution < -0.4 is 15.9 Å². The number of carbonyl (C=O) groups is 1. The average molecular weight is 283 g/mol. The summed E-state index contributed by atoms with van der Waals surface area (Å²) in [7, 11) is 1.55. The number of nitrogen functional groups attached to an aromatic ring is 1. The lowest BCUT2D eigenvalue weighted by Crippen LogP contribution is -2.19. The quantitative estimate of drug-likeness (QED) is 0.514. The average Bonchev–Trinajstić information content (AvgIpc) is 2.52. The van der Waals surface area contributed by atoms with E-state index in [0.717, 1.165) is 5.56 Å². The Morgan fingerprint density at radius 1 is 1.14 bits per heavy atom. The van der Waals surface area contributed by atoms with Crippen molar-refractivity contribution in [3.63, 3.8) is 0 Å². The molecule has 0 fully saturated rings. The van der Waals surface area contributed by atoms with Crippen LogP contribution in [0, 0.1) is 0 Å². The van der Waals surface area contributed by atoms with Crippen LogP contribution >= 0.6 is 0 Å². The number of hydrazone groups is 1. The van der Waals surface area contributed by atoms with E-state index in [1.165, 1.54) is 0 Å². The number of hydrogen-bond donors (Lipinski definition) is 2. The fourth-order valence-corrected chi connectivity index (χ4v) is 1.79. The van der Waals surface area contributed by atoms with Crippen molar-refractivity contribution >= 4 is 17.3 Å². The van der Waals surface area contributed by atoms with Gasteiger partial charge in [0.2, 0.25) is 0 Å². The van der Waals surface area contributed by atoms with E-state index in [0.29, 0.717) is 22.7 Å². The number of methoxy groups -OCH3 is 1. The van der Waals surface area contributed by atoms with Crippen LogP contribution in [0.4, 0.5) is 5.69 Å². The summed E-state index contributed by atoms with van der Waals surface area (Å²) in [6.45, 7) is 1.81. The first kappa shape index (κ1) is 14.6. The van der Waals surface area contributed by atoms with Gasteiger partial charge in [-0.1, -0.05) is 18.2 Å². The molecule has 21 heavy (non-hydrogen) atoms. The molecule has 0 aliphatic carbocycles. The minimum atomic E-state index is -0.294. The Balaban J connectivity index is 2.10. The maximum Gasteiger partial charge on any atom is 0.271 e. The van der Waals surface area contributed by atoms with Crippen molar-refractivity contribution in [2.75, 3.05) is 12.8 Å². The molecule has 3 N–H and O–H groups in total. The molecule has 108 valence electrons. The van der Waals surface area contributed by atoms with Crippen LogP contribution in [0.5, 0.6) is 5.75 Å². The van der Waals surface area contributed by atoms with Gasteiger partial charge < -0.3 is 10.5 Å². The lowest BCUT2D eigenvalue weighted by molar-refractivity contribution is 0.0954. The van der Waals surface area contributed by atoms with Crippen molar-refractivity contribution in [1.82, 2.24) is 5.43 Å². The summed E-state index contributed by atoms with van der Waals surface area (Å²) < 4.78 is 5.08. The van der Waals surface area contributed by atoms with Crippen LogP contribution in [0.25, 0.3) is 0 Å². The van der Waals surface area contributed by atoms with Crippen LogP contribution in [0.3, 0.4) is 0 Å². The first-order valence-electron chi connectivity index (χ1n) is 6.45. The number of carbonyl (C=O) groups excluding carboxylic acids is 1. The Labute approximate surface area is 123 Å². The zero-order chi connectivity index (χ0) is 15.2. The molecule has 0 unspecified atom stereocenters. The highest BCUT2D eigenvalue weighted by molar-refractivity contribution is 6.01. The predicted molar refractivity (Wildman–Crippen MR) is 83.5 cm³/mol. The van der Waals surface area contributed by atoms with E-state index in [-0.39, 0.29) is 5.91 Å². The molecule has 0 spiro atoms. The van der Waals surface area contributed by atoms with E-state index < -0.39 is 0 Å². The number of anilines is 1. The zero-order valence-corrected chi connectivity index (χ0v) is 12.0. The van der Waals surface area contributed by atoms with Gasteiger partial charge >= 0.3 is 0 Å². The summed E-state index contributed by atoms with van der Waals surface area (Å²) in [5.41, 5.74) is 10.9. The summed E-state index contributed by atoms with van der Waals surface area (Å²) in [5, 5.41) is 4.09. The number of rotatable bonds is 4. The second-order valence-electron chi connectivity index (χ2n) is 4.50. The van der Waals surface area contributed by atoms with Gasteiger partial charge in [-0.25, -0.2) is 5.43 Å². The molecular weight excluding hydrogens is 266 g/mol. The van der Waals surface area contributed by atoms with Gasteiger partial charge in [0.05, 0.1) is 12.8 Å². The lowest BCUT2D eigenvalue weighted by Gasteiger charge is -2.05. The Morgan fingerprint density at radius 2 is 1.86 bits per heavy atom. The van der Waals surface area contributed by atoms with E-state index in [2.05, 4.69) is 10.5 Å². The van der Waals surface area contributed by atoms with E-state index in [1.807, 2.05) is 12.1 Å². The Bertz CT molecular complexity index is 681. The second kappa shape index (κ2) is 6.56. The van der Waals surface area contributed by atoms with Gasteiger partial charge in [0.1, 0.15) is 5.75 Å². The Morgan fingerprint density at radius 3 is 2.57 bits per heavy atom. The van der Waals surface area contributed by atoms with Crippen LogP contribution in [-0.2, 0) is 0 Å². The summed E-state index contributed by atoms with van der Waals surface area (Å²) in [5.74, 6) is 0.330. The smallest absolute Gasteiger partial charge is 0.271 e. The molecule has 0 saturated heterocycles. The fraction of sp³-hybridized carbons (Fsp3) is 0.125. The zero-order valence-electron chi connectivity index (χ0n) is 12.0. The highest BCUT2D eigenvalue weighted by Gasteiger charge is 2.06. The molecule has 0 atom stereocenters. The van der Waals surface area contributed by atoms with Crippen molar-refractivity contribution < 1.29 is 9.53 Å². The molecule has 0 bridgehead atoms. The largest absolute Gasteiger partial charge is 0.497 e. The lowest BCUT2D eigenvalue weighted by atomic mass is 10.1. The Hall–Kier alpha value is -2.82. The SMILES string of the molecule is COc1cccc(C(=O)NN=C(C)c2cccc(N)c2)c1. The third-order valence-electron chi connectivity index (χ3n) is 2.96. The van der Waals surface area contributed by atoms with Gasteiger partial charge in [0.15, 0.2) is 0 Å². The van der Waals surface area contributed by atoms with E-state index in [9.17, 15) is 4.79 Å². The summed E-state index contributed by atoms with van der Waals surface area (Å²) in [4.78, 5) is 12.0. The maximum absolute atomic E-state index is 12.0. The molecule has 5 nitrogen and oxygen atoms in total. The molecule has 2 aromatic carbocycles. The molecule has 5 heteroatoms. The number of amides is 1. The minimum absolute atomic E-state index is 0.294. The number of nitrogens with two attached hydrogens (primary N) is 1. The van der Waals surface area contributed by atoms with Gasteiger partial charge in [-0.15, -0.1) is 0 Å². The molecule has 0 aliphatic rings. The van der Waals surface area contributed by atoms with Gasteiger partial charge in [0, 0.05) is 11.3 Å². The normalized spacial score (nSPS) is 11.0. The van der Waals surface area contributed by atoms with Crippen LogP contribution in [0.1, 0.15) is 22.8 Å². The van der Waals surface area contributed by atoms with Crippen LogP contribution in [-0.4, -0.2) is 18.7 Å². The number of hydrogen-bond acceptors (Lipinski definition) is 4. The van der Waals surface area contributed by atoms with Crippen molar-refractivity contribution in [1.29, 1.82) is 0 Å². The Kier molecular flexibility index (Phi) is 4.56. The van der Waals surface area contributed by atoms with E-state index in [4.69, 9.17) is 10.5 Å². The standard InChI is InChI=1S/C16H17N3O2/c1-11(12-5-3-7-14(17)9-12)18-19-16(20)13-6-4-8-15(10-13)21-2/h3-10H,17H2,1-2H3,(H,19,20). The molecule has 0 aliphatic heterocycles. The summed E-state index contributed by atoms with van der Waals surface area (Å²) in [6, 6.07) is 14.2. The summed E-state index contributed by atoms with van der Waals surface area (Å²) in [6.07, 6.45) is 0. The first-order chi connectivity index (χ1) is 10.1. The number of benzene rings is 2. The molecule has 0 saturated carbocycles. The molecule has 2 aromatic rings. The third-order valence-corrected chi connectivity index (χ3v) is 2.96. The molecule has 0 radical (unpaired) electrons. The molecule has 2 rings (SSSR count). The number of nitrogens with zero attached hydrogens (tertiary/aromatic N) is 1. The number of nitrogens with one attached hydrogen (secondary N) is 1. The highest BCUT2D eigenvalue weighted by atomic mass is 16.5. The van der Waals surface area contributed by atoms with Gasteiger partial charge in [-0.05, 0) is 42.8 Å². The van der Waals surface area contributed by atoms with Crippen molar-refractivity contribution in [3.05, 3.63) is 59.7 Å². The predicted octanol–water partition coefficient (Wildman–Crippen LogP) is 2.43.